The first-order chi connectivity index (χ1) is 13.6. The van der Waals surface area contributed by atoms with Crippen LogP contribution in [0.5, 0.6) is 0 Å². The minimum Gasteiger partial charge on any atom is -0.466 e. The maximum absolute atomic E-state index is 12.2. The maximum Gasteiger partial charge on any atom is 0.310 e. The van der Waals surface area contributed by atoms with Crippen molar-refractivity contribution in [2.45, 2.75) is 58.4 Å². The summed E-state index contributed by atoms with van der Waals surface area (Å²) >= 11 is 0. The molecule has 1 N–H and O–H groups in total. The van der Waals surface area contributed by atoms with E-state index in [0.717, 1.165) is 32.4 Å². The highest BCUT2D eigenvalue weighted by molar-refractivity contribution is 5.78. The van der Waals surface area contributed by atoms with Crippen LogP contribution in [0.4, 0.5) is 11.4 Å². The zero-order chi connectivity index (χ0) is 20.1. The first kappa shape index (κ1) is 20.8. The molecule has 0 amide bonds. The molecule has 156 valence electrons. The second-order valence-corrected chi connectivity index (χ2v) is 7.94. The highest BCUT2D eigenvalue weighted by Crippen LogP contribution is 2.27. The number of esters is 1. The fraction of sp³-hybridized carbons (Fsp3) is 0.762. The standard InChI is InChI=1S/C21H33N3O4/c1-3-16-9-5-6-11-23(16)13-10-22-17-18(20(26)19(17)25)24-12-7-8-15(14-24)21(27)28-4-2/h15-16,22H,3-14H2,1-2H3/t15-,16+/m1/s1. The van der Waals surface area contributed by atoms with E-state index in [9.17, 15) is 14.4 Å². The normalized spacial score (nSPS) is 23.7. The number of rotatable bonds is 8. The van der Waals surface area contributed by atoms with E-state index in [1.807, 2.05) is 4.90 Å². The van der Waals surface area contributed by atoms with Crippen LogP contribution < -0.4 is 21.1 Å². The Morgan fingerprint density at radius 3 is 2.68 bits per heavy atom. The van der Waals surface area contributed by atoms with Gasteiger partial charge in [-0.2, -0.15) is 0 Å². The average Bonchev–Trinajstić information content (AvgIpc) is 2.73. The zero-order valence-electron chi connectivity index (χ0n) is 17.2. The molecule has 28 heavy (non-hydrogen) atoms. The van der Waals surface area contributed by atoms with Crippen LogP contribution in [0.25, 0.3) is 0 Å². The fourth-order valence-electron chi connectivity index (χ4n) is 4.62. The van der Waals surface area contributed by atoms with Crippen molar-refractivity contribution >= 4 is 17.3 Å². The van der Waals surface area contributed by atoms with E-state index in [0.29, 0.717) is 43.7 Å². The zero-order valence-corrected chi connectivity index (χ0v) is 17.2. The number of hydrogen-bond donors (Lipinski definition) is 1. The van der Waals surface area contributed by atoms with Gasteiger partial charge in [0.15, 0.2) is 0 Å². The number of anilines is 2. The Kier molecular flexibility index (Phi) is 7.10. The van der Waals surface area contributed by atoms with Gasteiger partial charge in [0.25, 0.3) is 10.9 Å². The summed E-state index contributed by atoms with van der Waals surface area (Å²) in [7, 11) is 0. The summed E-state index contributed by atoms with van der Waals surface area (Å²) in [4.78, 5) is 40.8. The Morgan fingerprint density at radius 2 is 1.93 bits per heavy atom. The highest BCUT2D eigenvalue weighted by atomic mass is 16.5. The smallest absolute Gasteiger partial charge is 0.310 e. The Hall–Kier alpha value is -1.89. The molecule has 2 heterocycles. The van der Waals surface area contributed by atoms with Crippen LogP contribution >= 0.6 is 0 Å². The minimum atomic E-state index is -0.434. The molecule has 2 atom stereocenters. The second kappa shape index (κ2) is 9.54. The summed E-state index contributed by atoms with van der Waals surface area (Å²) in [5, 5.41) is 3.22. The highest BCUT2D eigenvalue weighted by Gasteiger charge is 2.33. The first-order valence-corrected chi connectivity index (χ1v) is 10.8. The van der Waals surface area contributed by atoms with E-state index in [1.165, 1.54) is 19.3 Å². The third kappa shape index (κ3) is 4.40. The molecule has 0 aliphatic carbocycles. The van der Waals surface area contributed by atoms with E-state index in [2.05, 4.69) is 17.1 Å². The number of ether oxygens (including phenoxy) is 1. The number of nitrogens with one attached hydrogen (secondary N) is 1. The molecule has 0 bridgehead atoms. The maximum atomic E-state index is 12.2. The van der Waals surface area contributed by atoms with Gasteiger partial charge in [0, 0.05) is 32.2 Å². The Morgan fingerprint density at radius 1 is 1.11 bits per heavy atom. The average molecular weight is 392 g/mol. The number of carbonyl (C=O) groups is 1. The molecule has 0 radical (unpaired) electrons. The van der Waals surface area contributed by atoms with Crippen molar-refractivity contribution in [2.24, 2.45) is 5.92 Å². The lowest BCUT2D eigenvalue weighted by atomic mass is 9.96. The van der Waals surface area contributed by atoms with Crippen LogP contribution in [0.3, 0.4) is 0 Å². The lowest BCUT2D eigenvalue weighted by molar-refractivity contribution is -0.148. The monoisotopic (exact) mass is 391 g/mol. The molecule has 2 saturated heterocycles. The van der Waals surface area contributed by atoms with Crippen molar-refractivity contribution < 1.29 is 9.53 Å². The van der Waals surface area contributed by atoms with E-state index in [-0.39, 0.29) is 11.9 Å². The fourth-order valence-corrected chi connectivity index (χ4v) is 4.62. The predicted octanol–water partition coefficient (Wildman–Crippen LogP) is 1.74. The molecule has 0 saturated carbocycles. The third-order valence-electron chi connectivity index (χ3n) is 6.16. The number of carbonyl (C=O) groups excluding carboxylic acids is 1. The van der Waals surface area contributed by atoms with Crippen LogP contribution in [0.2, 0.25) is 0 Å². The molecule has 0 aromatic heterocycles. The van der Waals surface area contributed by atoms with Crippen LogP contribution in [0, 0.1) is 5.92 Å². The SMILES string of the molecule is CCOC(=O)[C@@H]1CCCN(c2c(NCCN3CCCC[C@@H]3CC)c(=O)c2=O)C1. The molecule has 7 nitrogen and oxygen atoms in total. The summed E-state index contributed by atoms with van der Waals surface area (Å²) in [6.07, 6.45) is 6.49. The Bertz CT molecular complexity index is 740. The van der Waals surface area contributed by atoms with Gasteiger partial charge in [-0.25, -0.2) is 0 Å². The molecule has 0 spiro atoms. The summed E-state index contributed by atoms with van der Waals surface area (Å²) in [6, 6.07) is 0.621. The summed E-state index contributed by atoms with van der Waals surface area (Å²) in [5.41, 5.74) is 0.0274. The van der Waals surface area contributed by atoms with Crippen molar-refractivity contribution in [1.82, 2.24) is 4.90 Å². The van der Waals surface area contributed by atoms with Gasteiger partial charge in [-0.3, -0.25) is 19.3 Å². The number of hydrogen-bond acceptors (Lipinski definition) is 7. The van der Waals surface area contributed by atoms with E-state index >= 15 is 0 Å². The summed E-state index contributed by atoms with van der Waals surface area (Å²) in [5.74, 6) is -0.444. The lowest BCUT2D eigenvalue weighted by Crippen LogP contribution is -2.48. The van der Waals surface area contributed by atoms with Gasteiger partial charge in [0.2, 0.25) is 0 Å². The lowest BCUT2D eigenvalue weighted by Gasteiger charge is -2.36. The molecular formula is C21H33N3O4. The second-order valence-electron chi connectivity index (χ2n) is 7.94. The first-order valence-electron chi connectivity index (χ1n) is 10.8. The van der Waals surface area contributed by atoms with Gasteiger partial charge in [-0.1, -0.05) is 13.3 Å². The minimum absolute atomic E-state index is 0.212. The molecule has 3 rings (SSSR count). The molecule has 0 unspecified atom stereocenters. The van der Waals surface area contributed by atoms with Crippen LogP contribution in [-0.4, -0.2) is 56.2 Å². The molecule has 2 fully saturated rings. The molecular weight excluding hydrogens is 358 g/mol. The van der Waals surface area contributed by atoms with Gasteiger partial charge in [0.05, 0.1) is 12.5 Å². The molecule has 2 aliphatic heterocycles. The number of piperidine rings is 2. The largest absolute Gasteiger partial charge is 0.466 e. The van der Waals surface area contributed by atoms with Crippen molar-refractivity contribution in [3.05, 3.63) is 20.4 Å². The van der Waals surface area contributed by atoms with Crippen molar-refractivity contribution in [3.63, 3.8) is 0 Å². The van der Waals surface area contributed by atoms with Crippen molar-refractivity contribution in [3.8, 4) is 0 Å². The van der Waals surface area contributed by atoms with Crippen molar-refractivity contribution in [2.75, 3.05) is 49.5 Å². The quantitative estimate of drug-likeness (QED) is 0.534. The topological polar surface area (TPSA) is 79.0 Å². The van der Waals surface area contributed by atoms with Gasteiger partial charge in [-0.15, -0.1) is 0 Å². The predicted molar refractivity (Wildman–Crippen MR) is 111 cm³/mol. The van der Waals surface area contributed by atoms with Crippen LogP contribution in [-0.2, 0) is 9.53 Å². The molecule has 7 heteroatoms. The van der Waals surface area contributed by atoms with Crippen LogP contribution in [0.15, 0.2) is 9.59 Å². The van der Waals surface area contributed by atoms with Gasteiger partial charge in [0.1, 0.15) is 11.4 Å². The van der Waals surface area contributed by atoms with Gasteiger partial charge >= 0.3 is 5.97 Å². The van der Waals surface area contributed by atoms with E-state index < -0.39 is 10.9 Å². The number of likely N-dealkylation sites (tertiary alicyclic amines) is 1. The van der Waals surface area contributed by atoms with Gasteiger partial charge < -0.3 is 15.0 Å². The van der Waals surface area contributed by atoms with E-state index in [1.54, 1.807) is 6.92 Å². The molecule has 1 aromatic rings. The van der Waals surface area contributed by atoms with Gasteiger partial charge in [-0.05, 0) is 45.6 Å². The summed E-state index contributed by atoms with van der Waals surface area (Å²) in [6.45, 7) is 8.15. The van der Waals surface area contributed by atoms with E-state index in [4.69, 9.17) is 4.74 Å². The Balaban J connectivity index is 1.60. The third-order valence-corrected chi connectivity index (χ3v) is 6.16. The van der Waals surface area contributed by atoms with Crippen LogP contribution in [0.1, 0.15) is 52.4 Å². The molecule has 1 aromatic carbocycles. The summed E-state index contributed by atoms with van der Waals surface area (Å²) < 4.78 is 5.13. The number of nitrogens with zero attached hydrogens (tertiary/aromatic N) is 2. The Labute approximate surface area is 166 Å². The van der Waals surface area contributed by atoms with Crippen molar-refractivity contribution in [1.29, 1.82) is 0 Å². The molecule has 2 aliphatic rings.